The van der Waals surface area contributed by atoms with E-state index in [1.165, 1.54) is 6.07 Å². The van der Waals surface area contributed by atoms with Gasteiger partial charge in [0.1, 0.15) is 11.6 Å². The van der Waals surface area contributed by atoms with Crippen molar-refractivity contribution in [2.24, 2.45) is 0 Å². The first kappa shape index (κ1) is 15.1. The predicted octanol–water partition coefficient (Wildman–Crippen LogP) is 5.43. The number of ether oxygens (including phenoxy) is 1. The highest BCUT2D eigenvalue weighted by Gasteiger charge is 2.17. The molecule has 1 nitrogen and oxygen atoms in total. The third-order valence-electron chi connectivity index (χ3n) is 3.28. The Labute approximate surface area is 128 Å². The summed E-state index contributed by atoms with van der Waals surface area (Å²) in [6.45, 7) is 3.65. The van der Waals surface area contributed by atoms with Crippen LogP contribution in [0, 0.1) is 19.7 Å². The van der Waals surface area contributed by atoms with Crippen molar-refractivity contribution < 1.29 is 9.13 Å². The Balaban J connectivity index is 2.46. The van der Waals surface area contributed by atoms with E-state index in [1.54, 1.807) is 20.1 Å². The molecule has 0 saturated heterocycles. The molecule has 0 aliphatic heterocycles. The summed E-state index contributed by atoms with van der Waals surface area (Å²) in [4.78, 5) is 0. The summed E-state index contributed by atoms with van der Waals surface area (Å²) in [6.07, 6.45) is 0. The van der Waals surface area contributed by atoms with Crippen molar-refractivity contribution in [3.8, 4) is 5.75 Å². The number of rotatable bonds is 3. The van der Waals surface area contributed by atoms with Crippen molar-refractivity contribution in [3.63, 3.8) is 0 Å². The summed E-state index contributed by atoms with van der Waals surface area (Å²) in [5, 5.41) is -0.121. The molecule has 0 N–H and O–H groups in total. The maximum atomic E-state index is 13.4. The van der Waals surface area contributed by atoms with Gasteiger partial charge in [0.25, 0.3) is 0 Å². The van der Waals surface area contributed by atoms with Gasteiger partial charge in [-0.1, -0.05) is 23.7 Å². The van der Waals surface area contributed by atoms with E-state index in [-0.39, 0.29) is 5.82 Å². The van der Waals surface area contributed by atoms with Crippen LogP contribution in [0.1, 0.15) is 27.6 Å². The van der Waals surface area contributed by atoms with Crippen LogP contribution in [0.2, 0.25) is 5.02 Å². The Morgan fingerprint density at radius 1 is 1.10 bits per heavy atom. The highest BCUT2D eigenvalue weighted by Crippen LogP contribution is 2.36. The molecule has 0 aliphatic carbocycles. The minimum atomic E-state index is -0.448. The summed E-state index contributed by atoms with van der Waals surface area (Å²) >= 11 is 12.6. The molecule has 2 rings (SSSR count). The molecule has 1 atom stereocenters. The highest BCUT2D eigenvalue weighted by molar-refractivity contribution is 6.33. The Hall–Kier alpha value is -1.25. The average Bonchev–Trinajstić information content (AvgIpc) is 2.42. The van der Waals surface area contributed by atoms with Crippen molar-refractivity contribution in [3.05, 3.63) is 63.4 Å². The van der Waals surface area contributed by atoms with Crippen LogP contribution in [-0.4, -0.2) is 7.11 Å². The van der Waals surface area contributed by atoms with Gasteiger partial charge in [-0.25, -0.2) is 4.39 Å². The lowest BCUT2D eigenvalue weighted by molar-refractivity contribution is 0.411. The minimum Gasteiger partial charge on any atom is -0.496 e. The second kappa shape index (κ2) is 6.02. The normalized spacial score (nSPS) is 12.3. The number of benzene rings is 2. The maximum absolute atomic E-state index is 13.4. The Bertz CT molecular complexity index is 641. The highest BCUT2D eigenvalue weighted by atomic mass is 35.5. The fraction of sp³-hybridized carbons (Fsp3) is 0.250. The minimum absolute atomic E-state index is 0.327. The summed E-state index contributed by atoms with van der Waals surface area (Å²) in [5.74, 6) is 0.437. The second-order valence-corrected chi connectivity index (χ2v) is 5.56. The molecule has 0 radical (unpaired) electrons. The van der Waals surface area contributed by atoms with Crippen LogP contribution in [0.3, 0.4) is 0 Å². The SMILES string of the molecule is COc1cc(C(Cl)c2cc(C)c(F)cc2Cl)ccc1C. The number of alkyl halides is 1. The van der Waals surface area contributed by atoms with Gasteiger partial charge in [0.05, 0.1) is 12.5 Å². The molecular weight excluding hydrogens is 298 g/mol. The first-order chi connectivity index (χ1) is 9.43. The van der Waals surface area contributed by atoms with Crippen molar-refractivity contribution in [2.45, 2.75) is 19.2 Å². The van der Waals surface area contributed by atoms with E-state index in [1.807, 2.05) is 25.1 Å². The van der Waals surface area contributed by atoms with Crippen LogP contribution < -0.4 is 4.74 Å². The van der Waals surface area contributed by atoms with Crippen molar-refractivity contribution >= 4 is 23.2 Å². The summed E-state index contributed by atoms with van der Waals surface area (Å²) in [6, 6.07) is 8.72. The van der Waals surface area contributed by atoms with Gasteiger partial charge in [0.15, 0.2) is 0 Å². The number of hydrogen-bond donors (Lipinski definition) is 0. The van der Waals surface area contributed by atoms with E-state index < -0.39 is 5.38 Å². The summed E-state index contributed by atoms with van der Waals surface area (Å²) < 4.78 is 18.7. The zero-order chi connectivity index (χ0) is 14.9. The van der Waals surface area contributed by atoms with E-state index in [4.69, 9.17) is 27.9 Å². The maximum Gasteiger partial charge on any atom is 0.127 e. The third-order valence-corrected chi connectivity index (χ3v) is 4.09. The predicted molar refractivity (Wildman–Crippen MR) is 81.6 cm³/mol. The zero-order valence-corrected chi connectivity index (χ0v) is 13.0. The smallest absolute Gasteiger partial charge is 0.127 e. The van der Waals surface area contributed by atoms with E-state index in [0.29, 0.717) is 16.1 Å². The van der Waals surface area contributed by atoms with Crippen molar-refractivity contribution in [2.75, 3.05) is 7.11 Å². The molecule has 0 heterocycles. The van der Waals surface area contributed by atoms with E-state index in [9.17, 15) is 4.39 Å². The molecule has 0 saturated carbocycles. The molecule has 1 unspecified atom stereocenters. The van der Waals surface area contributed by atoms with E-state index in [2.05, 4.69) is 0 Å². The molecule has 0 fully saturated rings. The van der Waals surface area contributed by atoms with Crippen LogP contribution in [-0.2, 0) is 0 Å². The fourth-order valence-corrected chi connectivity index (χ4v) is 2.68. The van der Waals surface area contributed by atoms with Gasteiger partial charge in [-0.2, -0.15) is 0 Å². The van der Waals surface area contributed by atoms with E-state index >= 15 is 0 Å². The molecular formula is C16H15Cl2FO. The van der Waals surface area contributed by atoms with Crippen LogP contribution in [0.5, 0.6) is 5.75 Å². The topological polar surface area (TPSA) is 9.23 Å². The Morgan fingerprint density at radius 2 is 1.80 bits per heavy atom. The lowest BCUT2D eigenvalue weighted by Gasteiger charge is -2.15. The average molecular weight is 313 g/mol. The number of hydrogen-bond acceptors (Lipinski definition) is 1. The largest absolute Gasteiger partial charge is 0.496 e. The molecule has 0 bridgehead atoms. The molecule has 0 aromatic heterocycles. The van der Waals surface area contributed by atoms with E-state index in [0.717, 1.165) is 16.9 Å². The molecule has 0 amide bonds. The van der Waals surface area contributed by atoms with Gasteiger partial charge in [-0.05, 0) is 54.3 Å². The number of aryl methyl sites for hydroxylation is 2. The first-order valence-electron chi connectivity index (χ1n) is 6.18. The van der Waals surface area contributed by atoms with Crippen LogP contribution in [0.15, 0.2) is 30.3 Å². The van der Waals surface area contributed by atoms with Gasteiger partial charge < -0.3 is 4.74 Å². The van der Waals surface area contributed by atoms with Crippen molar-refractivity contribution in [1.29, 1.82) is 0 Å². The second-order valence-electron chi connectivity index (χ2n) is 4.71. The Morgan fingerprint density at radius 3 is 2.45 bits per heavy atom. The Kier molecular flexibility index (Phi) is 4.56. The quantitative estimate of drug-likeness (QED) is 0.686. The molecule has 4 heteroatoms. The van der Waals surface area contributed by atoms with Gasteiger partial charge >= 0.3 is 0 Å². The molecule has 0 spiro atoms. The lowest BCUT2D eigenvalue weighted by atomic mass is 10.0. The molecule has 106 valence electrons. The fourth-order valence-electron chi connectivity index (χ4n) is 2.05. The van der Waals surface area contributed by atoms with Crippen LogP contribution in [0.25, 0.3) is 0 Å². The monoisotopic (exact) mass is 312 g/mol. The van der Waals surface area contributed by atoms with Gasteiger partial charge in [-0.15, -0.1) is 11.6 Å². The third kappa shape index (κ3) is 2.92. The first-order valence-corrected chi connectivity index (χ1v) is 6.99. The van der Waals surface area contributed by atoms with Crippen LogP contribution in [0.4, 0.5) is 4.39 Å². The molecule has 0 aliphatic rings. The van der Waals surface area contributed by atoms with Gasteiger partial charge in [0, 0.05) is 5.02 Å². The van der Waals surface area contributed by atoms with Gasteiger partial charge in [0.2, 0.25) is 0 Å². The standard InChI is InChI=1S/C16H15Cl2FO/c1-9-4-5-11(7-15(9)20-3)16(18)12-6-10(2)14(19)8-13(12)17/h4-8,16H,1-3H3. The zero-order valence-electron chi connectivity index (χ0n) is 11.5. The number of methoxy groups -OCH3 is 1. The molecule has 2 aromatic carbocycles. The van der Waals surface area contributed by atoms with Gasteiger partial charge in [-0.3, -0.25) is 0 Å². The van der Waals surface area contributed by atoms with Crippen molar-refractivity contribution in [1.82, 2.24) is 0 Å². The lowest BCUT2D eigenvalue weighted by Crippen LogP contribution is -1.98. The summed E-state index contributed by atoms with van der Waals surface area (Å²) in [7, 11) is 1.62. The summed E-state index contributed by atoms with van der Waals surface area (Å²) in [5.41, 5.74) is 3.11. The molecule has 20 heavy (non-hydrogen) atoms. The van der Waals surface area contributed by atoms with Crippen LogP contribution >= 0.6 is 23.2 Å². The number of halogens is 3. The molecule has 2 aromatic rings.